The van der Waals surface area contributed by atoms with E-state index in [-0.39, 0.29) is 23.2 Å². The summed E-state index contributed by atoms with van der Waals surface area (Å²) >= 11 is 5.79. The second kappa shape index (κ2) is 6.71. The van der Waals surface area contributed by atoms with E-state index in [0.29, 0.717) is 12.3 Å². The van der Waals surface area contributed by atoms with E-state index in [1.807, 2.05) is 13.8 Å². The van der Waals surface area contributed by atoms with Gasteiger partial charge in [0.25, 0.3) is 5.91 Å². The Balaban J connectivity index is 2.74. The topological polar surface area (TPSA) is 49.3 Å². The molecule has 0 saturated heterocycles. The van der Waals surface area contributed by atoms with Crippen molar-refractivity contribution in [1.29, 1.82) is 0 Å². The molecule has 2 N–H and O–H groups in total. The SMILES string of the molecule is CC(C)CC(CO)NC(=O)c1ccc(F)cc1Cl. The molecule has 3 nitrogen and oxygen atoms in total. The predicted octanol–water partition coefficient (Wildman–Crippen LogP) is 2.62. The van der Waals surface area contributed by atoms with Crippen molar-refractivity contribution in [2.75, 3.05) is 6.61 Å². The van der Waals surface area contributed by atoms with Crippen LogP contribution in [0.5, 0.6) is 0 Å². The molecule has 1 aromatic rings. The van der Waals surface area contributed by atoms with Gasteiger partial charge in [-0.3, -0.25) is 4.79 Å². The van der Waals surface area contributed by atoms with Gasteiger partial charge in [-0.15, -0.1) is 0 Å². The Kier molecular flexibility index (Phi) is 5.56. The summed E-state index contributed by atoms with van der Waals surface area (Å²) < 4.78 is 12.9. The molecule has 5 heteroatoms. The molecule has 0 aliphatic carbocycles. The molecule has 18 heavy (non-hydrogen) atoms. The first kappa shape index (κ1) is 14.9. The summed E-state index contributed by atoms with van der Waals surface area (Å²) in [6, 6.07) is 3.28. The van der Waals surface area contributed by atoms with Gasteiger partial charge in [0, 0.05) is 0 Å². The fourth-order valence-electron chi connectivity index (χ4n) is 1.68. The maximum Gasteiger partial charge on any atom is 0.253 e. The van der Waals surface area contributed by atoms with E-state index in [1.165, 1.54) is 12.1 Å². The molecular weight excluding hydrogens is 257 g/mol. The van der Waals surface area contributed by atoms with E-state index >= 15 is 0 Å². The lowest BCUT2D eigenvalue weighted by Gasteiger charge is -2.18. The molecule has 0 fully saturated rings. The Morgan fingerprint density at radius 1 is 1.50 bits per heavy atom. The van der Waals surface area contributed by atoms with Crippen LogP contribution >= 0.6 is 11.6 Å². The third-order valence-corrected chi connectivity index (χ3v) is 2.80. The second-order valence-electron chi connectivity index (χ2n) is 4.61. The van der Waals surface area contributed by atoms with E-state index in [4.69, 9.17) is 11.6 Å². The maximum atomic E-state index is 12.9. The van der Waals surface area contributed by atoms with Crippen LogP contribution in [-0.2, 0) is 0 Å². The molecule has 0 heterocycles. The molecular formula is C13H17ClFNO2. The van der Waals surface area contributed by atoms with Crippen molar-refractivity contribution in [1.82, 2.24) is 5.32 Å². The molecule has 1 aromatic carbocycles. The van der Waals surface area contributed by atoms with Crippen molar-refractivity contribution in [2.24, 2.45) is 5.92 Å². The summed E-state index contributed by atoms with van der Waals surface area (Å²) in [5.41, 5.74) is 0.209. The van der Waals surface area contributed by atoms with Gasteiger partial charge >= 0.3 is 0 Å². The number of nitrogens with one attached hydrogen (secondary N) is 1. The summed E-state index contributed by atoms with van der Waals surface area (Å²) in [4.78, 5) is 11.9. The summed E-state index contributed by atoms with van der Waals surface area (Å²) in [6.07, 6.45) is 0.668. The molecule has 0 radical (unpaired) electrons. The number of halogens is 2. The first-order chi connectivity index (χ1) is 8.43. The molecule has 0 spiro atoms. The number of rotatable bonds is 5. The van der Waals surface area contributed by atoms with Crippen molar-refractivity contribution in [2.45, 2.75) is 26.3 Å². The van der Waals surface area contributed by atoms with Crippen molar-refractivity contribution in [3.8, 4) is 0 Å². The number of carbonyl (C=O) groups excluding carboxylic acids is 1. The highest BCUT2D eigenvalue weighted by Gasteiger charge is 2.16. The van der Waals surface area contributed by atoms with Gasteiger partial charge in [0.1, 0.15) is 5.82 Å². The average Bonchev–Trinajstić information content (AvgIpc) is 2.27. The fourth-order valence-corrected chi connectivity index (χ4v) is 1.94. The number of hydrogen-bond acceptors (Lipinski definition) is 2. The first-order valence-corrected chi connectivity index (χ1v) is 6.18. The van der Waals surface area contributed by atoms with Crippen LogP contribution in [0.15, 0.2) is 18.2 Å². The third kappa shape index (κ3) is 4.27. The minimum Gasteiger partial charge on any atom is -0.394 e. The Hall–Kier alpha value is -1.13. The van der Waals surface area contributed by atoms with Gasteiger partial charge < -0.3 is 10.4 Å². The van der Waals surface area contributed by atoms with Crippen LogP contribution in [0.4, 0.5) is 4.39 Å². The Bertz CT molecular complexity index is 423. The highest BCUT2D eigenvalue weighted by Crippen LogP contribution is 2.17. The van der Waals surface area contributed by atoms with Gasteiger partial charge in [-0.2, -0.15) is 0 Å². The molecule has 100 valence electrons. The molecule has 0 aliphatic heterocycles. The summed E-state index contributed by atoms with van der Waals surface area (Å²) in [5, 5.41) is 11.9. The number of carbonyl (C=O) groups is 1. The molecule has 0 aliphatic rings. The van der Waals surface area contributed by atoms with Gasteiger partial charge in [-0.1, -0.05) is 25.4 Å². The smallest absolute Gasteiger partial charge is 0.253 e. The number of hydrogen-bond donors (Lipinski definition) is 2. The van der Waals surface area contributed by atoms with Crippen molar-refractivity contribution < 1.29 is 14.3 Å². The Morgan fingerprint density at radius 3 is 2.67 bits per heavy atom. The van der Waals surface area contributed by atoms with Gasteiger partial charge in [0.15, 0.2) is 0 Å². The summed E-state index contributed by atoms with van der Waals surface area (Å²) in [6.45, 7) is 3.86. The number of aliphatic hydroxyl groups excluding tert-OH is 1. The lowest BCUT2D eigenvalue weighted by atomic mass is 10.0. The highest BCUT2D eigenvalue weighted by atomic mass is 35.5. The number of amides is 1. The predicted molar refractivity (Wildman–Crippen MR) is 69.2 cm³/mol. The first-order valence-electron chi connectivity index (χ1n) is 5.80. The maximum absolute atomic E-state index is 12.9. The monoisotopic (exact) mass is 273 g/mol. The molecule has 0 bridgehead atoms. The van der Waals surface area contributed by atoms with Gasteiger partial charge in [-0.25, -0.2) is 4.39 Å². The summed E-state index contributed by atoms with van der Waals surface area (Å²) in [7, 11) is 0. The van der Waals surface area contributed by atoms with Gasteiger partial charge in [0.2, 0.25) is 0 Å². The number of benzene rings is 1. The molecule has 1 amide bonds. The van der Waals surface area contributed by atoms with E-state index in [1.54, 1.807) is 0 Å². The third-order valence-electron chi connectivity index (χ3n) is 2.49. The van der Waals surface area contributed by atoms with Crippen molar-refractivity contribution in [3.05, 3.63) is 34.6 Å². The lowest BCUT2D eigenvalue weighted by molar-refractivity contribution is 0.0908. The standard InChI is InChI=1S/C13H17ClFNO2/c1-8(2)5-10(7-17)16-13(18)11-4-3-9(15)6-12(11)14/h3-4,6,8,10,17H,5,7H2,1-2H3,(H,16,18). The van der Waals surface area contributed by atoms with E-state index in [0.717, 1.165) is 6.07 Å². The van der Waals surface area contributed by atoms with Crippen LogP contribution in [0.3, 0.4) is 0 Å². The fraction of sp³-hybridized carbons (Fsp3) is 0.462. The molecule has 1 unspecified atom stereocenters. The lowest BCUT2D eigenvalue weighted by Crippen LogP contribution is -2.38. The Labute approximate surface area is 111 Å². The van der Waals surface area contributed by atoms with Crippen LogP contribution in [0.2, 0.25) is 5.02 Å². The molecule has 0 saturated carbocycles. The van der Waals surface area contributed by atoms with Crippen LogP contribution in [0, 0.1) is 11.7 Å². The van der Waals surface area contributed by atoms with Crippen LogP contribution in [0.1, 0.15) is 30.6 Å². The minimum absolute atomic E-state index is 0.0636. The quantitative estimate of drug-likeness (QED) is 0.866. The highest BCUT2D eigenvalue weighted by molar-refractivity contribution is 6.33. The largest absolute Gasteiger partial charge is 0.394 e. The Morgan fingerprint density at radius 2 is 2.17 bits per heavy atom. The number of aliphatic hydroxyl groups is 1. The molecule has 1 rings (SSSR count). The van der Waals surface area contributed by atoms with Gasteiger partial charge in [0.05, 0.1) is 23.2 Å². The normalized spacial score (nSPS) is 12.6. The van der Waals surface area contributed by atoms with E-state index < -0.39 is 11.7 Å². The zero-order chi connectivity index (χ0) is 13.7. The second-order valence-corrected chi connectivity index (χ2v) is 5.01. The van der Waals surface area contributed by atoms with E-state index in [2.05, 4.69) is 5.32 Å². The van der Waals surface area contributed by atoms with Crippen LogP contribution in [0.25, 0.3) is 0 Å². The van der Waals surface area contributed by atoms with Crippen molar-refractivity contribution in [3.63, 3.8) is 0 Å². The average molecular weight is 274 g/mol. The molecule has 1 atom stereocenters. The van der Waals surface area contributed by atoms with Crippen LogP contribution < -0.4 is 5.32 Å². The van der Waals surface area contributed by atoms with Crippen LogP contribution in [-0.4, -0.2) is 23.7 Å². The minimum atomic E-state index is -0.488. The summed E-state index contributed by atoms with van der Waals surface area (Å²) in [5.74, 6) is -0.539. The zero-order valence-corrected chi connectivity index (χ0v) is 11.2. The van der Waals surface area contributed by atoms with Crippen molar-refractivity contribution >= 4 is 17.5 Å². The zero-order valence-electron chi connectivity index (χ0n) is 10.4. The van der Waals surface area contributed by atoms with Gasteiger partial charge in [-0.05, 0) is 30.5 Å². The van der Waals surface area contributed by atoms with E-state index in [9.17, 15) is 14.3 Å². The molecule has 0 aromatic heterocycles.